The maximum atomic E-state index is 4.01. The molecule has 0 bridgehead atoms. The molecule has 1 N–H and O–H groups in total. The average Bonchev–Trinajstić information content (AvgIpc) is 2.32. The van der Waals surface area contributed by atoms with Gasteiger partial charge in [0.25, 0.3) is 0 Å². The highest BCUT2D eigenvalue weighted by Gasteiger charge is 1.87. The van der Waals surface area contributed by atoms with E-state index >= 15 is 0 Å². The zero-order valence-corrected chi connectivity index (χ0v) is 7.91. The zero-order valence-electron chi connectivity index (χ0n) is 7.91. The first-order valence-electron chi connectivity index (χ1n) is 4.40. The van der Waals surface area contributed by atoms with Crippen LogP contribution in [0.5, 0.6) is 0 Å². The monoisotopic (exact) mass is 199 g/mol. The molecule has 0 aromatic carbocycles. The molecule has 0 saturated heterocycles. The highest BCUT2D eigenvalue weighted by molar-refractivity contribution is 5.79. The van der Waals surface area contributed by atoms with Crippen molar-refractivity contribution in [3.05, 3.63) is 48.7 Å². The molecule has 0 amide bonds. The molecule has 0 radical (unpaired) electrons. The van der Waals surface area contributed by atoms with Crippen molar-refractivity contribution >= 4 is 12.0 Å². The predicted molar refractivity (Wildman–Crippen MR) is 57.5 cm³/mol. The van der Waals surface area contributed by atoms with E-state index in [1.807, 2.05) is 12.1 Å². The van der Waals surface area contributed by atoms with Crippen molar-refractivity contribution in [2.75, 3.05) is 5.43 Å². The van der Waals surface area contributed by atoms with Crippen LogP contribution in [0, 0.1) is 0 Å². The normalized spacial score (nSPS) is 10.4. The third-order valence-electron chi connectivity index (χ3n) is 1.66. The fraction of sp³-hybridized carbons (Fsp3) is 0. The molecule has 0 fully saturated rings. The molecule has 5 heteroatoms. The smallest absolute Gasteiger partial charge is 0.164 e. The van der Waals surface area contributed by atoms with Crippen molar-refractivity contribution in [2.24, 2.45) is 5.10 Å². The summed E-state index contributed by atoms with van der Waals surface area (Å²) in [5.74, 6) is 0.614. The van der Waals surface area contributed by atoms with Gasteiger partial charge in [-0.2, -0.15) is 5.10 Å². The van der Waals surface area contributed by atoms with Crippen molar-refractivity contribution in [3.63, 3.8) is 0 Å². The van der Waals surface area contributed by atoms with Gasteiger partial charge >= 0.3 is 0 Å². The second-order valence-corrected chi connectivity index (χ2v) is 2.74. The molecule has 0 aliphatic rings. The molecule has 2 rings (SSSR count). The van der Waals surface area contributed by atoms with Crippen LogP contribution < -0.4 is 5.43 Å². The van der Waals surface area contributed by atoms with Gasteiger partial charge in [0.05, 0.1) is 12.4 Å². The number of nitrogens with zero attached hydrogens (tertiary/aromatic N) is 4. The Bertz CT molecular complexity index is 426. The van der Waals surface area contributed by atoms with Gasteiger partial charge in [-0.1, -0.05) is 0 Å². The van der Waals surface area contributed by atoms with Crippen molar-refractivity contribution < 1.29 is 0 Å². The van der Waals surface area contributed by atoms with Crippen LogP contribution in [-0.4, -0.2) is 21.2 Å². The van der Waals surface area contributed by atoms with Crippen LogP contribution in [0.15, 0.2) is 48.2 Å². The van der Waals surface area contributed by atoms with Gasteiger partial charge in [0.2, 0.25) is 0 Å². The number of hydrogen-bond donors (Lipinski definition) is 1. The third kappa shape index (κ3) is 2.84. The second kappa shape index (κ2) is 4.80. The lowest BCUT2D eigenvalue weighted by Gasteiger charge is -1.96. The van der Waals surface area contributed by atoms with Crippen molar-refractivity contribution in [2.45, 2.75) is 0 Å². The predicted octanol–water partition coefficient (Wildman–Crippen LogP) is 1.32. The zero-order chi connectivity index (χ0) is 10.3. The second-order valence-electron chi connectivity index (χ2n) is 2.74. The number of aromatic nitrogens is 3. The Hall–Kier alpha value is -2.30. The molecule has 0 atom stereocenters. The largest absolute Gasteiger partial charge is 0.265 e. The standard InChI is InChI=1S/C10H9N5/c1-3-11-4-2-9(1)7-14-15-10-8-12-5-6-13-10/h1-8H,(H,13,15). The molecular formula is C10H9N5. The van der Waals surface area contributed by atoms with Crippen LogP contribution >= 0.6 is 0 Å². The fourth-order valence-electron chi connectivity index (χ4n) is 0.979. The van der Waals surface area contributed by atoms with Gasteiger partial charge in [0, 0.05) is 24.8 Å². The molecule has 15 heavy (non-hydrogen) atoms. The van der Waals surface area contributed by atoms with Gasteiger partial charge in [0.1, 0.15) is 0 Å². The van der Waals surface area contributed by atoms with E-state index < -0.39 is 0 Å². The Morgan fingerprint density at radius 2 is 1.93 bits per heavy atom. The van der Waals surface area contributed by atoms with E-state index in [4.69, 9.17) is 0 Å². The lowest BCUT2D eigenvalue weighted by atomic mass is 10.3. The Labute approximate surface area is 86.9 Å². The number of rotatable bonds is 3. The van der Waals surface area contributed by atoms with E-state index in [9.17, 15) is 0 Å². The first kappa shape index (κ1) is 9.26. The summed E-state index contributed by atoms with van der Waals surface area (Å²) in [7, 11) is 0. The van der Waals surface area contributed by atoms with Crippen LogP contribution in [0.2, 0.25) is 0 Å². The Balaban J connectivity index is 1.97. The van der Waals surface area contributed by atoms with Gasteiger partial charge in [-0.3, -0.25) is 15.4 Å². The lowest BCUT2D eigenvalue weighted by molar-refractivity contribution is 1.16. The maximum Gasteiger partial charge on any atom is 0.164 e. The van der Waals surface area contributed by atoms with Gasteiger partial charge < -0.3 is 0 Å². The van der Waals surface area contributed by atoms with Crippen molar-refractivity contribution in [1.29, 1.82) is 0 Å². The van der Waals surface area contributed by atoms with Crippen LogP contribution in [-0.2, 0) is 0 Å². The summed E-state index contributed by atoms with van der Waals surface area (Å²) in [5, 5.41) is 4.01. The fourth-order valence-corrected chi connectivity index (χ4v) is 0.979. The maximum absolute atomic E-state index is 4.01. The van der Waals surface area contributed by atoms with Gasteiger partial charge in [-0.25, -0.2) is 4.98 Å². The Morgan fingerprint density at radius 3 is 2.67 bits per heavy atom. The van der Waals surface area contributed by atoms with E-state index in [0.29, 0.717) is 5.82 Å². The molecule has 0 saturated carbocycles. The summed E-state index contributed by atoms with van der Waals surface area (Å²) in [6, 6.07) is 3.73. The third-order valence-corrected chi connectivity index (χ3v) is 1.66. The molecule has 0 spiro atoms. The average molecular weight is 199 g/mol. The van der Waals surface area contributed by atoms with Gasteiger partial charge in [0.15, 0.2) is 5.82 Å². The van der Waals surface area contributed by atoms with E-state index in [2.05, 4.69) is 25.5 Å². The minimum absolute atomic E-state index is 0.614. The summed E-state index contributed by atoms with van der Waals surface area (Å²) in [4.78, 5) is 11.8. The summed E-state index contributed by atoms with van der Waals surface area (Å²) in [6.07, 6.45) is 9.93. The Kier molecular flexibility index (Phi) is 2.97. The highest BCUT2D eigenvalue weighted by atomic mass is 15.3. The van der Waals surface area contributed by atoms with Gasteiger partial charge in [-0.15, -0.1) is 0 Å². The van der Waals surface area contributed by atoms with E-state index in [0.717, 1.165) is 5.56 Å². The summed E-state index contributed by atoms with van der Waals surface area (Å²) in [6.45, 7) is 0. The van der Waals surface area contributed by atoms with E-state index in [1.165, 1.54) is 0 Å². The van der Waals surface area contributed by atoms with Crippen molar-refractivity contribution in [1.82, 2.24) is 15.0 Å². The molecule has 74 valence electrons. The number of nitrogens with one attached hydrogen (secondary N) is 1. The van der Waals surface area contributed by atoms with E-state index in [1.54, 1.807) is 37.2 Å². The SMILES string of the molecule is C(=NNc1cnccn1)c1ccncc1. The Morgan fingerprint density at radius 1 is 1.07 bits per heavy atom. The first-order valence-corrected chi connectivity index (χ1v) is 4.40. The van der Waals surface area contributed by atoms with Crippen LogP contribution in [0.1, 0.15) is 5.56 Å². The van der Waals surface area contributed by atoms with Crippen LogP contribution in [0.3, 0.4) is 0 Å². The summed E-state index contributed by atoms with van der Waals surface area (Å²) in [5.41, 5.74) is 3.74. The molecule has 0 aliphatic heterocycles. The summed E-state index contributed by atoms with van der Waals surface area (Å²) < 4.78 is 0. The molecule has 5 nitrogen and oxygen atoms in total. The van der Waals surface area contributed by atoms with E-state index in [-0.39, 0.29) is 0 Å². The topological polar surface area (TPSA) is 63.1 Å². The van der Waals surface area contributed by atoms with Crippen molar-refractivity contribution in [3.8, 4) is 0 Å². The minimum atomic E-state index is 0.614. The molecule has 0 unspecified atom stereocenters. The summed E-state index contributed by atoms with van der Waals surface area (Å²) >= 11 is 0. The first-order chi connectivity index (χ1) is 7.45. The molecule has 2 aromatic rings. The quantitative estimate of drug-likeness (QED) is 0.598. The molecule has 0 aliphatic carbocycles. The van der Waals surface area contributed by atoms with Gasteiger partial charge in [-0.05, 0) is 17.7 Å². The molecular weight excluding hydrogens is 190 g/mol. The number of pyridine rings is 1. The van der Waals surface area contributed by atoms with Crippen LogP contribution in [0.4, 0.5) is 5.82 Å². The number of anilines is 1. The lowest BCUT2D eigenvalue weighted by Crippen LogP contribution is -1.93. The van der Waals surface area contributed by atoms with Crippen LogP contribution in [0.25, 0.3) is 0 Å². The molecule has 2 heterocycles. The number of hydrazone groups is 1. The molecule has 2 aromatic heterocycles. The minimum Gasteiger partial charge on any atom is -0.265 e. The number of hydrogen-bond acceptors (Lipinski definition) is 5. The highest BCUT2D eigenvalue weighted by Crippen LogP contribution is 1.97.